The number of ether oxygens (including phenoxy) is 2. The Labute approximate surface area is 97.1 Å². The Balaban J connectivity index is 2.35. The zero-order chi connectivity index (χ0) is 13.6. The number of ketones is 1. The summed E-state index contributed by atoms with van der Waals surface area (Å²) in [5.41, 5.74) is -0.790. The Bertz CT molecular complexity index is 495. The van der Waals surface area contributed by atoms with E-state index in [1.54, 1.807) is 0 Å². The van der Waals surface area contributed by atoms with E-state index in [1.807, 2.05) is 0 Å². The molecular formula is C10H5F5O3. The molecule has 0 amide bonds. The van der Waals surface area contributed by atoms with Crippen LogP contribution in [-0.2, 0) is 0 Å². The maximum atomic E-state index is 12.8. The van der Waals surface area contributed by atoms with Gasteiger partial charge in [0, 0.05) is 5.56 Å². The number of rotatable bonds is 2. The molecule has 2 rings (SSSR count). The largest absolute Gasteiger partial charge is 0.461 e. The summed E-state index contributed by atoms with van der Waals surface area (Å²) in [7, 11) is 0. The summed E-state index contributed by atoms with van der Waals surface area (Å²) in [6.45, 7) is -0.178. The molecule has 0 aromatic heterocycles. The molecule has 0 saturated heterocycles. The molecule has 0 radical (unpaired) electrons. The molecule has 0 bridgehead atoms. The summed E-state index contributed by atoms with van der Waals surface area (Å²) in [5.74, 6) is -7.62. The highest BCUT2D eigenvalue weighted by Crippen LogP contribution is 2.40. The lowest BCUT2D eigenvalue weighted by molar-refractivity contribution is -0.255. The van der Waals surface area contributed by atoms with Crippen LogP contribution in [0.5, 0.6) is 11.5 Å². The van der Waals surface area contributed by atoms with Crippen LogP contribution < -0.4 is 9.47 Å². The van der Waals surface area contributed by atoms with Gasteiger partial charge >= 0.3 is 12.1 Å². The van der Waals surface area contributed by atoms with Gasteiger partial charge in [-0.1, -0.05) is 0 Å². The van der Waals surface area contributed by atoms with Crippen LogP contribution in [0.4, 0.5) is 22.0 Å². The Morgan fingerprint density at radius 2 is 1.67 bits per heavy atom. The van der Waals surface area contributed by atoms with Crippen LogP contribution in [0.15, 0.2) is 18.2 Å². The highest BCUT2D eigenvalue weighted by Gasteiger charge is 2.63. The number of benzene rings is 1. The lowest BCUT2D eigenvalue weighted by atomic mass is 10.0. The molecule has 8 heteroatoms. The summed E-state index contributed by atoms with van der Waals surface area (Å²) < 4.78 is 71.3. The van der Waals surface area contributed by atoms with Gasteiger partial charge in [0.05, 0.1) is 0 Å². The van der Waals surface area contributed by atoms with Crippen molar-refractivity contribution >= 4 is 5.78 Å². The van der Waals surface area contributed by atoms with E-state index in [-0.39, 0.29) is 18.3 Å². The number of halogens is 5. The standard InChI is InChI=1S/C10H5F5O3/c11-9(12,10(13,14)15)8(16)5-1-2-6-7(3-5)18-4-17-6/h1-3H,4H2. The second-order valence-corrected chi connectivity index (χ2v) is 3.47. The minimum absolute atomic E-state index is 0.0428. The minimum atomic E-state index is -5.93. The molecule has 0 spiro atoms. The van der Waals surface area contributed by atoms with Gasteiger partial charge < -0.3 is 9.47 Å². The van der Waals surface area contributed by atoms with Crippen molar-refractivity contribution in [2.45, 2.75) is 12.1 Å². The maximum Gasteiger partial charge on any atom is 0.461 e. The molecule has 0 aliphatic carbocycles. The zero-order valence-corrected chi connectivity index (χ0v) is 8.55. The Morgan fingerprint density at radius 3 is 2.28 bits per heavy atom. The number of carbonyl (C=O) groups excluding carboxylic acids is 1. The first-order chi connectivity index (χ1) is 8.23. The molecule has 0 unspecified atom stereocenters. The van der Waals surface area contributed by atoms with Gasteiger partial charge in [-0.3, -0.25) is 4.79 Å². The fourth-order valence-corrected chi connectivity index (χ4v) is 1.35. The average molecular weight is 268 g/mol. The predicted molar refractivity (Wildman–Crippen MR) is 47.9 cm³/mol. The number of Topliss-reactive ketones (excluding diaryl/α,β-unsaturated/α-hetero) is 1. The highest BCUT2D eigenvalue weighted by atomic mass is 19.4. The van der Waals surface area contributed by atoms with E-state index in [2.05, 4.69) is 0 Å². The van der Waals surface area contributed by atoms with Gasteiger partial charge in [-0.15, -0.1) is 0 Å². The molecule has 1 aromatic carbocycles. The first-order valence-corrected chi connectivity index (χ1v) is 4.62. The van der Waals surface area contributed by atoms with Crippen LogP contribution in [-0.4, -0.2) is 24.7 Å². The van der Waals surface area contributed by atoms with E-state index in [0.29, 0.717) is 0 Å². The van der Waals surface area contributed by atoms with Crippen molar-refractivity contribution < 1.29 is 36.2 Å². The summed E-state index contributed by atoms with van der Waals surface area (Å²) in [6, 6.07) is 2.72. The van der Waals surface area contributed by atoms with Crippen molar-refractivity contribution in [2.75, 3.05) is 6.79 Å². The molecule has 0 N–H and O–H groups in total. The van der Waals surface area contributed by atoms with Crippen molar-refractivity contribution in [3.63, 3.8) is 0 Å². The highest BCUT2D eigenvalue weighted by molar-refractivity contribution is 6.02. The molecule has 1 aliphatic rings. The van der Waals surface area contributed by atoms with E-state index in [0.717, 1.165) is 18.2 Å². The first kappa shape index (κ1) is 12.6. The van der Waals surface area contributed by atoms with Crippen molar-refractivity contribution in [3.05, 3.63) is 23.8 Å². The Hall–Kier alpha value is -1.86. The van der Waals surface area contributed by atoms with E-state index in [1.165, 1.54) is 0 Å². The third-order valence-corrected chi connectivity index (χ3v) is 2.28. The summed E-state index contributed by atoms with van der Waals surface area (Å²) in [6.07, 6.45) is -5.93. The van der Waals surface area contributed by atoms with Crippen LogP contribution in [0, 0.1) is 0 Å². The molecule has 1 aromatic rings. The van der Waals surface area contributed by atoms with E-state index in [4.69, 9.17) is 9.47 Å². The number of carbonyl (C=O) groups is 1. The van der Waals surface area contributed by atoms with Gasteiger partial charge in [0.25, 0.3) is 0 Å². The van der Waals surface area contributed by atoms with E-state index in [9.17, 15) is 26.7 Å². The van der Waals surface area contributed by atoms with Gasteiger partial charge in [-0.2, -0.15) is 22.0 Å². The predicted octanol–water partition coefficient (Wildman–Crippen LogP) is 2.80. The van der Waals surface area contributed by atoms with Gasteiger partial charge in [0.15, 0.2) is 11.5 Å². The summed E-state index contributed by atoms with van der Waals surface area (Å²) >= 11 is 0. The van der Waals surface area contributed by atoms with Crippen molar-refractivity contribution in [1.29, 1.82) is 0 Å². The second-order valence-electron chi connectivity index (χ2n) is 3.47. The van der Waals surface area contributed by atoms with Gasteiger partial charge in [0.1, 0.15) is 0 Å². The normalized spacial score (nSPS) is 14.7. The molecule has 0 saturated carbocycles. The molecule has 3 nitrogen and oxygen atoms in total. The van der Waals surface area contributed by atoms with Crippen LogP contribution in [0.1, 0.15) is 10.4 Å². The Kier molecular flexibility index (Phi) is 2.67. The van der Waals surface area contributed by atoms with E-state index < -0.39 is 23.4 Å². The van der Waals surface area contributed by atoms with Crippen molar-refractivity contribution in [2.24, 2.45) is 0 Å². The van der Waals surface area contributed by atoms with Gasteiger partial charge in [0.2, 0.25) is 12.6 Å². The maximum absolute atomic E-state index is 12.8. The third kappa shape index (κ3) is 1.87. The summed E-state index contributed by atoms with van der Waals surface area (Å²) in [5, 5.41) is 0. The third-order valence-electron chi connectivity index (χ3n) is 2.28. The van der Waals surface area contributed by atoms with Gasteiger partial charge in [-0.05, 0) is 18.2 Å². The number of hydrogen-bond acceptors (Lipinski definition) is 3. The molecule has 0 fully saturated rings. The van der Waals surface area contributed by atoms with Gasteiger partial charge in [-0.25, -0.2) is 0 Å². The molecule has 18 heavy (non-hydrogen) atoms. The Morgan fingerprint density at radius 1 is 1.06 bits per heavy atom. The van der Waals surface area contributed by atoms with Crippen molar-refractivity contribution in [1.82, 2.24) is 0 Å². The number of alkyl halides is 5. The van der Waals surface area contributed by atoms with Crippen LogP contribution >= 0.6 is 0 Å². The van der Waals surface area contributed by atoms with Crippen LogP contribution in [0.25, 0.3) is 0 Å². The average Bonchev–Trinajstić information content (AvgIpc) is 2.73. The topological polar surface area (TPSA) is 35.5 Å². The minimum Gasteiger partial charge on any atom is -0.454 e. The number of hydrogen-bond donors (Lipinski definition) is 0. The zero-order valence-electron chi connectivity index (χ0n) is 8.55. The molecule has 0 atom stereocenters. The smallest absolute Gasteiger partial charge is 0.454 e. The fourth-order valence-electron chi connectivity index (χ4n) is 1.35. The lowest BCUT2D eigenvalue weighted by Crippen LogP contribution is -2.44. The lowest BCUT2D eigenvalue weighted by Gasteiger charge is -2.18. The van der Waals surface area contributed by atoms with E-state index >= 15 is 0 Å². The monoisotopic (exact) mass is 268 g/mol. The second kappa shape index (κ2) is 3.82. The molecular weight excluding hydrogens is 263 g/mol. The van der Waals surface area contributed by atoms with Crippen LogP contribution in [0.2, 0.25) is 0 Å². The quantitative estimate of drug-likeness (QED) is 0.611. The molecule has 1 heterocycles. The number of fused-ring (bicyclic) bond motifs is 1. The fraction of sp³-hybridized carbons (Fsp3) is 0.300. The summed E-state index contributed by atoms with van der Waals surface area (Å²) in [4.78, 5) is 11.1. The van der Waals surface area contributed by atoms with Crippen molar-refractivity contribution in [3.8, 4) is 11.5 Å². The molecule has 98 valence electrons. The van der Waals surface area contributed by atoms with Crippen LogP contribution in [0.3, 0.4) is 0 Å². The first-order valence-electron chi connectivity index (χ1n) is 4.62. The SMILES string of the molecule is O=C(c1ccc2c(c1)OCO2)C(F)(F)C(F)(F)F. The molecule has 1 aliphatic heterocycles.